The van der Waals surface area contributed by atoms with Crippen molar-refractivity contribution in [2.24, 2.45) is 0 Å². The highest BCUT2D eigenvalue weighted by Crippen LogP contribution is 2.02. The Morgan fingerprint density at radius 2 is 2.60 bits per heavy atom. The molecular weight excluding hydrogens is 154 g/mol. The monoisotopic (exact) mass is 159 g/mol. The number of aromatic nitrogens is 1. The summed E-state index contributed by atoms with van der Waals surface area (Å²) in [6.45, 7) is 0.191. The lowest BCUT2D eigenvalue weighted by Crippen LogP contribution is -2.13. The summed E-state index contributed by atoms with van der Waals surface area (Å²) in [4.78, 5) is 10.6. The van der Waals surface area contributed by atoms with Gasteiger partial charge in [0.05, 0.1) is 6.54 Å². The van der Waals surface area contributed by atoms with Crippen molar-refractivity contribution in [3.63, 3.8) is 0 Å². The van der Waals surface area contributed by atoms with E-state index in [0.29, 0.717) is 0 Å². The van der Waals surface area contributed by atoms with Gasteiger partial charge in [0.1, 0.15) is 0 Å². The van der Waals surface area contributed by atoms with Crippen LogP contribution in [0.4, 0.5) is 0 Å². The molecule has 10 heavy (non-hydrogen) atoms. The third-order valence-corrected chi connectivity index (χ3v) is 1.17. The number of aromatic hydroxyl groups is 1. The fourth-order valence-electron chi connectivity index (χ4n) is 0.566. The molecule has 0 bridgehead atoms. The summed E-state index contributed by atoms with van der Waals surface area (Å²) in [6.07, 6.45) is 0.973. The molecule has 0 saturated heterocycles. The Morgan fingerprint density at radius 1 is 1.90 bits per heavy atom. The Morgan fingerprint density at radius 3 is 3.00 bits per heavy atom. The molecule has 1 heterocycles. The Labute approximate surface area is 61.7 Å². The maximum absolute atomic E-state index is 10.6. The molecular formula is C5H5NO3S. The van der Waals surface area contributed by atoms with Crippen LogP contribution in [0.5, 0.6) is 5.88 Å². The van der Waals surface area contributed by atoms with Crippen molar-refractivity contribution in [3.8, 4) is 5.88 Å². The molecule has 0 spiro atoms. The minimum atomic E-state index is -0.599. The van der Waals surface area contributed by atoms with Crippen molar-refractivity contribution < 1.29 is 9.52 Å². The first-order chi connectivity index (χ1) is 4.75. The zero-order chi connectivity index (χ0) is 7.56. The molecule has 0 aliphatic carbocycles. The average Bonchev–Trinajstić information content (AvgIpc) is 2.20. The van der Waals surface area contributed by atoms with Gasteiger partial charge >= 0.3 is 5.76 Å². The molecule has 0 atom stereocenters. The number of rotatable bonds is 2. The molecule has 0 unspecified atom stereocenters. The molecule has 0 aliphatic rings. The van der Waals surface area contributed by atoms with Gasteiger partial charge in [-0.25, -0.2) is 9.36 Å². The fourth-order valence-corrected chi connectivity index (χ4v) is 0.716. The van der Waals surface area contributed by atoms with E-state index < -0.39 is 5.76 Å². The van der Waals surface area contributed by atoms with Gasteiger partial charge in [0, 0.05) is 0 Å². The van der Waals surface area contributed by atoms with E-state index in [2.05, 4.69) is 16.6 Å². The molecule has 1 N–H and O–H groups in total. The van der Waals surface area contributed by atoms with Crippen LogP contribution < -0.4 is 5.76 Å². The second-order valence-electron chi connectivity index (χ2n) is 1.64. The van der Waals surface area contributed by atoms with Gasteiger partial charge in [0.15, 0.2) is 6.26 Å². The van der Waals surface area contributed by atoms with E-state index >= 15 is 0 Å². The fraction of sp³-hybridized carbons (Fsp3) is 0.200. The molecule has 0 aromatic carbocycles. The number of hydrogen-bond donors (Lipinski definition) is 1. The number of hydrogen-bond acceptors (Lipinski definition) is 4. The van der Waals surface area contributed by atoms with Crippen molar-refractivity contribution in [3.05, 3.63) is 16.8 Å². The predicted octanol–water partition coefficient (Wildman–Crippen LogP) is 0.147. The smallest absolute Gasteiger partial charge is 0.422 e. The highest BCUT2D eigenvalue weighted by molar-refractivity contribution is 7.78. The maximum atomic E-state index is 10.6. The topological polar surface area (TPSA) is 55.4 Å². The van der Waals surface area contributed by atoms with Crippen molar-refractivity contribution >= 4 is 17.6 Å². The quantitative estimate of drug-likeness (QED) is 0.624. The Bertz CT molecular complexity index is 287. The summed E-state index contributed by atoms with van der Waals surface area (Å²) in [6, 6.07) is 0. The first-order valence-corrected chi connectivity index (χ1v) is 3.04. The molecule has 0 saturated carbocycles. The zero-order valence-electron chi connectivity index (χ0n) is 4.98. The number of thiocarbonyl (C=S) groups is 1. The van der Waals surface area contributed by atoms with Crippen molar-refractivity contribution in [1.82, 2.24) is 4.57 Å². The van der Waals surface area contributed by atoms with Crippen molar-refractivity contribution in [2.75, 3.05) is 0 Å². The maximum Gasteiger partial charge on any atom is 0.422 e. The van der Waals surface area contributed by atoms with Crippen LogP contribution >= 0.6 is 12.2 Å². The minimum absolute atomic E-state index is 0.191. The van der Waals surface area contributed by atoms with Crippen molar-refractivity contribution in [1.29, 1.82) is 0 Å². The van der Waals surface area contributed by atoms with Gasteiger partial charge in [0.2, 0.25) is 5.88 Å². The van der Waals surface area contributed by atoms with Crippen LogP contribution in [0.1, 0.15) is 0 Å². The Kier molecular flexibility index (Phi) is 1.86. The molecule has 0 radical (unpaired) electrons. The van der Waals surface area contributed by atoms with Crippen LogP contribution in [-0.4, -0.2) is 15.0 Å². The van der Waals surface area contributed by atoms with Gasteiger partial charge < -0.3 is 9.52 Å². The summed E-state index contributed by atoms with van der Waals surface area (Å²) in [5.74, 6) is -0.801. The Balaban J connectivity index is 3.10. The summed E-state index contributed by atoms with van der Waals surface area (Å²) >= 11 is 4.48. The second kappa shape index (κ2) is 2.66. The first-order valence-electron chi connectivity index (χ1n) is 2.56. The highest BCUT2D eigenvalue weighted by Gasteiger charge is 2.02. The van der Waals surface area contributed by atoms with Gasteiger partial charge in [-0.15, -0.1) is 0 Å². The van der Waals surface area contributed by atoms with Gasteiger partial charge in [-0.2, -0.15) is 0 Å². The lowest BCUT2D eigenvalue weighted by atomic mass is 10.7. The SMILES string of the molecule is O=c1occ(O)n1CC=S. The highest BCUT2D eigenvalue weighted by atomic mass is 32.1. The minimum Gasteiger partial charge on any atom is -0.492 e. The predicted molar refractivity (Wildman–Crippen MR) is 38.3 cm³/mol. The number of nitrogens with zero attached hydrogens (tertiary/aromatic N) is 1. The van der Waals surface area contributed by atoms with E-state index in [1.165, 1.54) is 5.37 Å². The normalized spacial score (nSPS) is 9.60. The van der Waals surface area contributed by atoms with Crippen LogP contribution in [0.15, 0.2) is 15.5 Å². The molecule has 1 aromatic rings. The van der Waals surface area contributed by atoms with E-state index in [1.807, 2.05) is 0 Å². The lowest BCUT2D eigenvalue weighted by molar-refractivity contribution is 0.426. The van der Waals surface area contributed by atoms with E-state index in [4.69, 9.17) is 5.11 Å². The molecule has 1 aromatic heterocycles. The third-order valence-electron chi connectivity index (χ3n) is 1.02. The molecule has 0 fully saturated rings. The van der Waals surface area contributed by atoms with E-state index in [9.17, 15) is 4.79 Å². The average molecular weight is 159 g/mol. The molecule has 5 heteroatoms. The van der Waals surface area contributed by atoms with Crippen LogP contribution in [0, 0.1) is 0 Å². The first kappa shape index (κ1) is 7.01. The van der Waals surface area contributed by atoms with Crippen LogP contribution in [0.25, 0.3) is 0 Å². The lowest BCUT2D eigenvalue weighted by Gasteiger charge is -1.91. The number of oxazole rings is 1. The summed E-state index contributed by atoms with van der Waals surface area (Å²) in [5.41, 5.74) is 0. The molecule has 0 aliphatic heterocycles. The van der Waals surface area contributed by atoms with Crippen LogP contribution in [0.2, 0.25) is 0 Å². The molecule has 0 amide bonds. The molecule has 4 nitrogen and oxygen atoms in total. The van der Waals surface area contributed by atoms with Crippen LogP contribution in [0.3, 0.4) is 0 Å². The van der Waals surface area contributed by atoms with Crippen LogP contribution in [-0.2, 0) is 6.54 Å². The van der Waals surface area contributed by atoms with Gasteiger partial charge in [0.25, 0.3) is 0 Å². The van der Waals surface area contributed by atoms with E-state index in [0.717, 1.165) is 10.8 Å². The molecule has 1 rings (SSSR count). The largest absolute Gasteiger partial charge is 0.492 e. The van der Waals surface area contributed by atoms with Gasteiger partial charge in [-0.1, -0.05) is 12.2 Å². The van der Waals surface area contributed by atoms with Gasteiger partial charge in [-0.05, 0) is 5.37 Å². The Hall–Kier alpha value is -1.10. The van der Waals surface area contributed by atoms with E-state index in [-0.39, 0.29) is 12.4 Å². The van der Waals surface area contributed by atoms with E-state index in [1.54, 1.807) is 0 Å². The van der Waals surface area contributed by atoms with Gasteiger partial charge in [-0.3, -0.25) is 0 Å². The van der Waals surface area contributed by atoms with Crippen molar-refractivity contribution in [2.45, 2.75) is 6.54 Å². The second-order valence-corrected chi connectivity index (χ2v) is 1.97. The summed E-state index contributed by atoms with van der Waals surface area (Å²) < 4.78 is 5.36. The summed E-state index contributed by atoms with van der Waals surface area (Å²) in [5, 5.41) is 10.2. The molecule has 54 valence electrons. The summed E-state index contributed by atoms with van der Waals surface area (Å²) in [7, 11) is 0. The standard InChI is InChI=1S/C5H5NO3S/c7-4-3-9-5(8)6(4)1-2-10/h2-3,7H,1H2. The third kappa shape index (κ3) is 1.08. The zero-order valence-corrected chi connectivity index (χ0v) is 5.80.